The second-order valence-electron chi connectivity index (χ2n) is 5.02. The lowest BCUT2D eigenvalue weighted by atomic mass is 10.1. The van der Waals surface area contributed by atoms with Gasteiger partial charge in [0.2, 0.25) is 5.91 Å². The molecule has 0 radical (unpaired) electrons. The zero-order valence-corrected chi connectivity index (χ0v) is 13.5. The van der Waals surface area contributed by atoms with Gasteiger partial charge in [-0.15, -0.1) is 11.3 Å². The summed E-state index contributed by atoms with van der Waals surface area (Å²) < 4.78 is 5.06. The molecule has 0 aliphatic heterocycles. The third-order valence-electron chi connectivity index (χ3n) is 3.12. The predicted octanol–water partition coefficient (Wildman–Crippen LogP) is 3.80. The second kappa shape index (κ2) is 7.87. The van der Waals surface area contributed by atoms with Crippen LogP contribution in [0.1, 0.15) is 33.0 Å². The summed E-state index contributed by atoms with van der Waals surface area (Å²) in [5.74, 6) is -0.141. The van der Waals surface area contributed by atoms with E-state index >= 15 is 0 Å². The van der Waals surface area contributed by atoms with E-state index in [1.807, 2.05) is 43.3 Å². The summed E-state index contributed by atoms with van der Waals surface area (Å²) in [6, 6.07) is 11.2. The Bertz CT molecular complexity index is 663. The number of ether oxygens (including phenoxy) is 1. The number of Topliss-reactive ketones (excluding diaryl/α,β-unsaturated/α-hetero) is 1. The maximum Gasteiger partial charge on any atom is 0.224 e. The Labute approximate surface area is 134 Å². The van der Waals surface area contributed by atoms with Gasteiger partial charge in [0.15, 0.2) is 5.78 Å². The molecule has 0 spiro atoms. The van der Waals surface area contributed by atoms with Crippen molar-refractivity contribution in [3.8, 4) is 0 Å². The number of rotatable bonds is 7. The summed E-state index contributed by atoms with van der Waals surface area (Å²) in [6.45, 7) is 2.46. The van der Waals surface area contributed by atoms with E-state index in [-0.39, 0.29) is 24.5 Å². The number of thiophene rings is 1. The Morgan fingerprint density at radius 3 is 2.68 bits per heavy atom. The van der Waals surface area contributed by atoms with E-state index in [1.165, 1.54) is 11.3 Å². The monoisotopic (exact) mass is 317 g/mol. The topological polar surface area (TPSA) is 55.4 Å². The first kappa shape index (κ1) is 16.4. The van der Waals surface area contributed by atoms with Crippen molar-refractivity contribution in [3.63, 3.8) is 0 Å². The van der Waals surface area contributed by atoms with Gasteiger partial charge in [-0.3, -0.25) is 9.59 Å². The summed E-state index contributed by atoms with van der Waals surface area (Å²) in [6.07, 6.45) is 0.411. The van der Waals surface area contributed by atoms with Crippen LogP contribution in [0.3, 0.4) is 0 Å². The molecule has 0 saturated heterocycles. The fraction of sp³-hybridized carbons (Fsp3) is 0.294. The molecule has 0 bridgehead atoms. The van der Waals surface area contributed by atoms with Crippen LogP contribution >= 0.6 is 11.3 Å². The molecule has 4 nitrogen and oxygen atoms in total. The Morgan fingerprint density at radius 2 is 2.00 bits per heavy atom. The number of aryl methyl sites for hydroxylation is 1. The molecular weight excluding hydrogens is 298 g/mol. The van der Waals surface area contributed by atoms with Crippen LogP contribution in [0.15, 0.2) is 36.4 Å². The highest BCUT2D eigenvalue weighted by molar-refractivity contribution is 7.14. The van der Waals surface area contributed by atoms with Crippen LogP contribution in [-0.2, 0) is 16.1 Å². The van der Waals surface area contributed by atoms with Crippen LogP contribution < -0.4 is 5.32 Å². The minimum Gasteiger partial charge on any atom is -0.380 e. The van der Waals surface area contributed by atoms with Gasteiger partial charge >= 0.3 is 0 Å². The third kappa shape index (κ3) is 4.79. The lowest BCUT2D eigenvalue weighted by Crippen LogP contribution is -2.13. The lowest BCUT2D eigenvalue weighted by molar-refractivity contribution is -0.116. The Balaban J connectivity index is 1.85. The molecule has 5 heteroatoms. The molecule has 0 aliphatic rings. The maximum atomic E-state index is 12.0. The van der Waals surface area contributed by atoms with Gasteiger partial charge in [0.25, 0.3) is 0 Å². The molecular formula is C17H19NO3S. The fourth-order valence-electron chi connectivity index (χ4n) is 2.06. The van der Waals surface area contributed by atoms with E-state index in [1.54, 1.807) is 7.11 Å². The summed E-state index contributed by atoms with van der Waals surface area (Å²) in [4.78, 5) is 25.7. The Morgan fingerprint density at radius 1 is 1.18 bits per heavy atom. The number of carbonyl (C=O) groups excluding carboxylic acids is 2. The fourth-order valence-corrected chi connectivity index (χ4v) is 2.90. The van der Waals surface area contributed by atoms with Crippen LogP contribution in [0, 0.1) is 6.92 Å². The van der Waals surface area contributed by atoms with Crippen LogP contribution in [0.2, 0.25) is 0 Å². The summed E-state index contributed by atoms with van der Waals surface area (Å²) in [5.41, 5.74) is 1.71. The van der Waals surface area contributed by atoms with Crippen molar-refractivity contribution < 1.29 is 14.3 Å². The van der Waals surface area contributed by atoms with E-state index < -0.39 is 0 Å². The minimum atomic E-state index is -0.156. The number of ketones is 1. The molecule has 1 aromatic carbocycles. The third-order valence-corrected chi connectivity index (χ3v) is 4.16. The predicted molar refractivity (Wildman–Crippen MR) is 88.4 cm³/mol. The number of methoxy groups -OCH3 is 1. The van der Waals surface area contributed by atoms with Crippen molar-refractivity contribution in [2.75, 3.05) is 12.4 Å². The van der Waals surface area contributed by atoms with Crippen molar-refractivity contribution in [2.45, 2.75) is 26.4 Å². The standard InChI is InChI=1S/C17H19NO3S/c1-12-6-8-16(22-12)15(19)7-9-17(20)18-14-5-3-4-13(10-14)11-21-2/h3-6,8,10H,7,9,11H2,1-2H3,(H,18,20). The molecule has 0 fully saturated rings. The molecule has 22 heavy (non-hydrogen) atoms. The highest BCUT2D eigenvalue weighted by Gasteiger charge is 2.11. The maximum absolute atomic E-state index is 12.0. The van der Waals surface area contributed by atoms with Gasteiger partial charge in [0.05, 0.1) is 11.5 Å². The number of benzene rings is 1. The highest BCUT2D eigenvalue weighted by atomic mass is 32.1. The van der Waals surface area contributed by atoms with Crippen molar-refractivity contribution >= 4 is 28.7 Å². The van der Waals surface area contributed by atoms with E-state index in [9.17, 15) is 9.59 Å². The molecule has 2 rings (SSSR count). The average Bonchev–Trinajstić information content (AvgIpc) is 2.92. The SMILES string of the molecule is COCc1cccc(NC(=O)CCC(=O)c2ccc(C)s2)c1. The molecule has 1 amide bonds. The number of amides is 1. The molecule has 0 saturated carbocycles. The quantitative estimate of drug-likeness (QED) is 0.790. The number of carbonyl (C=O) groups is 2. The molecule has 116 valence electrons. The number of hydrogen-bond acceptors (Lipinski definition) is 4. The average molecular weight is 317 g/mol. The molecule has 0 aliphatic carbocycles. The van der Waals surface area contributed by atoms with Gasteiger partial charge in [-0.2, -0.15) is 0 Å². The van der Waals surface area contributed by atoms with Gasteiger partial charge in [-0.1, -0.05) is 12.1 Å². The molecule has 1 N–H and O–H groups in total. The van der Waals surface area contributed by atoms with Crippen LogP contribution in [0.4, 0.5) is 5.69 Å². The van der Waals surface area contributed by atoms with Gasteiger partial charge in [-0.25, -0.2) is 0 Å². The number of nitrogens with one attached hydrogen (secondary N) is 1. The van der Waals surface area contributed by atoms with E-state index in [0.717, 1.165) is 16.1 Å². The summed E-state index contributed by atoms with van der Waals surface area (Å²) in [5, 5.41) is 2.81. The minimum absolute atomic E-state index is 0.0152. The largest absolute Gasteiger partial charge is 0.380 e. The van der Waals surface area contributed by atoms with E-state index in [4.69, 9.17) is 4.74 Å². The van der Waals surface area contributed by atoms with E-state index in [2.05, 4.69) is 5.32 Å². The van der Waals surface area contributed by atoms with Crippen molar-refractivity contribution in [1.82, 2.24) is 0 Å². The highest BCUT2D eigenvalue weighted by Crippen LogP contribution is 2.18. The molecule has 1 aromatic heterocycles. The number of hydrogen-bond donors (Lipinski definition) is 1. The lowest BCUT2D eigenvalue weighted by Gasteiger charge is -2.07. The van der Waals surface area contributed by atoms with Crippen LogP contribution in [0.5, 0.6) is 0 Å². The molecule has 0 unspecified atom stereocenters. The van der Waals surface area contributed by atoms with Gasteiger partial charge in [0.1, 0.15) is 0 Å². The van der Waals surface area contributed by atoms with Crippen molar-refractivity contribution in [2.24, 2.45) is 0 Å². The van der Waals surface area contributed by atoms with Crippen LogP contribution in [0.25, 0.3) is 0 Å². The molecule has 0 atom stereocenters. The first-order chi connectivity index (χ1) is 10.6. The Kier molecular flexibility index (Phi) is 5.86. The first-order valence-electron chi connectivity index (χ1n) is 7.06. The summed E-state index contributed by atoms with van der Waals surface area (Å²) >= 11 is 1.46. The van der Waals surface area contributed by atoms with Gasteiger partial charge < -0.3 is 10.1 Å². The first-order valence-corrected chi connectivity index (χ1v) is 7.87. The van der Waals surface area contributed by atoms with Crippen molar-refractivity contribution in [1.29, 1.82) is 0 Å². The van der Waals surface area contributed by atoms with Crippen molar-refractivity contribution in [3.05, 3.63) is 51.7 Å². The summed E-state index contributed by atoms with van der Waals surface area (Å²) in [7, 11) is 1.63. The van der Waals surface area contributed by atoms with E-state index in [0.29, 0.717) is 11.5 Å². The molecule has 2 aromatic rings. The molecule has 1 heterocycles. The van der Waals surface area contributed by atoms with Gasteiger partial charge in [-0.05, 0) is 36.8 Å². The normalized spacial score (nSPS) is 10.5. The second-order valence-corrected chi connectivity index (χ2v) is 6.30. The Hall–Kier alpha value is -1.98. The van der Waals surface area contributed by atoms with Gasteiger partial charge in [0, 0.05) is 30.5 Å². The number of anilines is 1. The zero-order chi connectivity index (χ0) is 15.9. The zero-order valence-electron chi connectivity index (χ0n) is 12.7. The smallest absolute Gasteiger partial charge is 0.224 e. The van der Waals surface area contributed by atoms with Crippen LogP contribution in [-0.4, -0.2) is 18.8 Å².